The lowest BCUT2D eigenvalue weighted by Gasteiger charge is -2.08. The fourth-order valence-electron chi connectivity index (χ4n) is 1.48. The zero-order valence-electron chi connectivity index (χ0n) is 11.1. The van der Waals surface area contributed by atoms with Crippen molar-refractivity contribution in [1.29, 1.82) is 0 Å². The zero-order chi connectivity index (χ0) is 13.4. The fraction of sp³-hybridized carbons (Fsp3) is 0.571. The van der Waals surface area contributed by atoms with Crippen molar-refractivity contribution in [2.24, 2.45) is 5.92 Å². The number of nitrogens with one attached hydrogen (secondary N) is 1. The summed E-state index contributed by atoms with van der Waals surface area (Å²) in [5.74, 6) is 0.435. The molecule has 4 heteroatoms. The van der Waals surface area contributed by atoms with Gasteiger partial charge in [0.2, 0.25) is 0 Å². The third-order valence-corrected chi connectivity index (χ3v) is 2.62. The Hall–Kier alpha value is -1.13. The Kier molecular flexibility index (Phi) is 6.68. The van der Waals surface area contributed by atoms with E-state index in [-0.39, 0.29) is 11.6 Å². The molecule has 102 valence electrons. The van der Waals surface area contributed by atoms with E-state index >= 15 is 0 Å². The van der Waals surface area contributed by atoms with Crippen molar-refractivity contribution in [3.63, 3.8) is 0 Å². The molecule has 0 unspecified atom stereocenters. The second kappa shape index (κ2) is 8.06. The van der Waals surface area contributed by atoms with Gasteiger partial charge in [0, 0.05) is 25.3 Å². The molecule has 1 aromatic carbocycles. The summed E-state index contributed by atoms with van der Waals surface area (Å²) in [6.07, 6.45) is 1.06. The summed E-state index contributed by atoms with van der Waals surface area (Å²) in [4.78, 5) is 0. The van der Waals surface area contributed by atoms with Gasteiger partial charge in [0.05, 0.1) is 6.61 Å². The van der Waals surface area contributed by atoms with Crippen LogP contribution in [0.4, 0.5) is 4.39 Å². The molecule has 0 amide bonds. The Balaban J connectivity index is 2.12. The van der Waals surface area contributed by atoms with Gasteiger partial charge in [-0.2, -0.15) is 0 Å². The van der Waals surface area contributed by atoms with Crippen molar-refractivity contribution in [3.8, 4) is 5.75 Å². The number of phenolic OH excluding ortho intramolecular Hbond substituents is 1. The van der Waals surface area contributed by atoms with Gasteiger partial charge in [0.25, 0.3) is 0 Å². The molecule has 2 N–H and O–H groups in total. The van der Waals surface area contributed by atoms with Gasteiger partial charge < -0.3 is 15.2 Å². The molecule has 0 bridgehead atoms. The van der Waals surface area contributed by atoms with Gasteiger partial charge in [-0.05, 0) is 30.5 Å². The van der Waals surface area contributed by atoms with Gasteiger partial charge in [-0.1, -0.05) is 13.8 Å². The van der Waals surface area contributed by atoms with Crippen LogP contribution in [-0.2, 0) is 11.3 Å². The minimum Gasteiger partial charge on any atom is -0.508 e. The first-order valence-electron chi connectivity index (χ1n) is 6.35. The SMILES string of the molecule is CC(C)CCOCCNCc1cc(F)ccc1O. The molecule has 0 aliphatic heterocycles. The first-order valence-corrected chi connectivity index (χ1v) is 6.35. The number of benzene rings is 1. The Bertz CT molecular complexity index is 356. The van der Waals surface area contributed by atoms with Crippen LogP contribution < -0.4 is 5.32 Å². The Morgan fingerprint density at radius 1 is 1.33 bits per heavy atom. The largest absolute Gasteiger partial charge is 0.508 e. The fourth-order valence-corrected chi connectivity index (χ4v) is 1.48. The molecular weight excluding hydrogens is 233 g/mol. The van der Waals surface area contributed by atoms with E-state index in [1.54, 1.807) is 0 Å². The lowest BCUT2D eigenvalue weighted by molar-refractivity contribution is 0.125. The third kappa shape index (κ3) is 5.98. The van der Waals surface area contributed by atoms with E-state index in [4.69, 9.17) is 4.74 Å². The van der Waals surface area contributed by atoms with Gasteiger partial charge in [-0.25, -0.2) is 4.39 Å². The molecule has 1 rings (SSSR count). The van der Waals surface area contributed by atoms with Crippen LogP contribution in [0.5, 0.6) is 5.75 Å². The van der Waals surface area contributed by atoms with E-state index in [1.807, 2.05) is 0 Å². The van der Waals surface area contributed by atoms with Crippen LogP contribution in [0, 0.1) is 11.7 Å². The first-order chi connectivity index (χ1) is 8.59. The monoisotopic (exact) mass is 255 g/mol. The number of halogens is 1. The number of rotatable bonds is 8. The number of ether oxygens (including phenoxy) is 1. The smallest absolute Gasteiger partial charge is 0.123 e. The summed E-state index contributed by atoms with van der Waals surface area (Å²) < 4.78 is 18.4. The normalized spacial score (nSPS) is 11.1. The maximum atomic E-state index is 12.9. The van der Waals surface area contributed by atoms with E-state index in [2.05, 4.69) is 19.2 Å². The highest BCUT2D eigenvalue weighted by Gasteiger charge is 2.02. The van der Waals surface area contributed by atoms with Crippen LogP contribution in [0.15, 0.2) is 18.2 Å². The molecular formula is C14H22FNO2. The molecule has 0 aromatic heterocycles. The molecule has 0 saturated carbocycles. The lowest BCUT2D eigenvalue weighted by atomic mass is 10.1. The van der Waals surface area contributed by atoms with E-state index in [1.165, 1.54) is 18.2 Å². The predicted octanol–water partition coefficient (Wildman–Crippen LogP) is 2.68. The first kappa shape index (κ1) is 14.9. The minimum absolute atomic E-state index is 0.115. The van der Waals surface area contributed by atoms with Crippen molar-refractivity contribution in [3.05, 3.63) is 29.6 Å². The van der Waals surface area contributed by atoms with Crippen molar-refractivity contribution in [2.45, 2.75) is 26.8 Å². The standard InChI is InChI=1S/C14H22FNO2/c1-11(2)5-7-18-8-6-16-10-12-9-13(15)3-4-14(12)17/h3-4,9,11,16-17H,5-8,10H2,1-2H3. The highest BCUT2D eigenvalue weighted by atomic mass is 19.1. The average molecular weight is 255 g/mol. The van der Waals surface area contributed by atoms with Crippen molar-refractivity contribution >= 4 is 0 Å². The van der Waals surface area contributed by atoms with E-state index in [9.17, 15) is 9.50 Å². The van der Waals surface area contributed by atoms with Gasteiger partial charge in [-0.3, -0.25) is 0 Å². The minimum atomic E-state index is -0.335. The predicted molar refractivity (Wildman–Crippen MR) is 70.0 cm³/mol. The number of phenols is 1. The highest BCUT2D eigenvalue weighted by molar-refractivity contribution is 5.32. The summed E-state index contributed by atoms with van der Waals surface area (Å²) in [5.41, 5.74) is 0.567. The van der Waals surface area contributed by atoms with Crippen molar-refractivity contribution in [2.75, 3.05) is 19.8 Å². The van der Waals surface area contributed by atoms with Crippen LogP contribution >= 0.6 is 0 Å². The molecule has 0 spiro atoms. The lowest BCUT2D eigenvalue weighted by Crippen LogP contribution is -2.19. The molecule has 3 nitrogen and oxygen atoms in total. The van der Waals surface area contributed by atoms with Crippen LogP contribution in [-0.4, -0.2) is 24.9 Å². The molecule has 0 aliphatic rings. The van der Waals surface area contributed by atoms with Crippen LogP contribution in [0.25, 0.3) is 0 Å². The number of aromatic hydroxyl groups is 1. The summed E-state index contributed by atoms with van der Waals surface area (Å²) in [6, 6.07) is 3.95. The summed E-state index contributed by atoms with van der Waals surface area (Å²) in [6.45, 7) is 6.85. The maximum Gasteiger partial charge on any atom is 0.123 e. The molecule has 0 heterocycles. The zero-order valence-corrected chi connectivity index (χ0v) is 11.1. The van der Waals surface area contributed by atoms with Crippen LogP contribution in [0.1, 0.15) is 25.8 Å². The topological polar surface area (TPSA) is 41.5 Å². The maximum absolute atomic E-state index is 12.9. The molecule has 0 fully saturated rings. The molecule has 0 radical (unpaired) electrons. The Morgan fingerprint density at radius 2 is 2.11 bits per heavy atom. The summed E-state index contributed by atoms with van der Waals surface area (Å²) in [7, 11) is 0. The molecule has 0 saturated heterocycles. The molecule has 0 atom stereocenters. The highest BCUT2D eigenvalue weighted by Crippen LogP contribution is 2.17. The summed E-state index contributed by atoms with van der Waals surface area (Å²) in [5, 5.41) is 12.6. The average Bonchev–Trinajstić information content (AvgIpc) is 2.32. The van der Waals surface area contributed by atoms with Gasteiger partial charge in [-0.15, -0.1) is 0 Å². The third-order valence-electron chi connectivity index (χ3n) is 2.62. The number of hydrogen-bond acceptors (Lipinski definition) is 3. The Morgan fingerprint density at radius 3 is 2.83 bits per heavy atom. The van der Waals surface area contributed by atoms with E-state index in [0.29, 0.717) is 31.2 Å². The van der Waals surface area contributed by atoms with Crippen LogP contribution in [0.3, 0.4) is 0 Å². The quantitative estimate of drug-likeness (QED) is 0.702. The van der Waals surface area contributed by atoms with Gasteiger partial charge >= 0.3 is 0 Å². The van der Waals surface area contributed by atoms with Gasteiger partial charge in [0.15, 0.2) is 0 Å². The van der Waals surface area contributed by atoms with Crippen molar-refractivity contribution in [1.82, 2.24) is 5.32 Å². The van der Waals surface area contributed by atoms with Crippen LogP contribution in [0.2, 0.25) is 0 Å². The number of hydrogen-bond donors (Lipinski definition) is 2. The van der Waals surface area contributed by atoms with Crippen molar-refractivity contribution < 1.29 is 14.2 Å². The van der Waals surface area contributed by atoms with E-state index in [0.717, 1.165) is 13.0 Å². The van der Waals surface area contributed by atoms with Gasteiger partial charge in [0.1, 0.15) is 11.6 Å². The summed E-state index contributed by atoms with van der Waals surface area (Å²) >= 11 is 0. The molecule has 0 aliphatic carbocycles. The second-order valence-electron chi connectivity index (χ2n) is 4.74. The Labute approximate surface area is 108 Å². The molecule has 18 heavy (non-hydrogen) atoms. The molecule has 1 aromatic rings. The second-order valence-corrected chi connectivity index (χ2v) is 4.74. The van der Waals surface area contributed by atoms with E-state index < -0.39 is 0 Å².